The molecule has 1 aromatic carbocycles. The van der Waals surface area contributed by atoms with Crippen LogP contribution >= 0.6 is 0 Å². The Labute approximate surface area is 127 Å². The van der Waals surface area contributed by atoms with E-state index in [1.165, 1.54) is 0 Å². The van der Waals surface area contributed by atoms with Crippen LogP contribution in [0.1, 0.15) is 43.8 Å². The van der Waals surface area contributed by atoms with E-state index in [1.807, 2.05) is 6.08 Å². The molecule has 1 atom stereocenters. The van der Waals surface area contributed by atoms with Crippen LogP contribution in [0.3, 0.4) is 0 Å². The van der Waals surface area contributed by atoms with Gasteiger partial charge in [0.2, 0.25) is 0 Å². The van der Waals surface area contributed by atoms with E-state index in [-0.39, 0.29) is 0 Å². The van der Waals surface area contributed by atoms with Crippen molar-refractivity contribution in [3.05, 3.63) is 30.4 Å². The number of hydrogen-bond donors (Lipinski definition) is 1. The Morgan fingerprint density at radius 2 is 1.62 bits per heavy atom. The van der Waals surface area contributed by atoms with Crippen LogP contribution in [0.2, 0.25) is 0 Å². The van der Waals surface area contributed by atoms with Gasteiger partial charge in [0.1, 0.15) is 5.75 Å². The van der Waals surface area contributed by atoms with E-state index < -0.39 is 6.10 Å². The van der Waals surface area contributed by atoms with Crippen molar-refractivity contribution in [1.29, 1.82) is 0 Å². The normalized spacial score (nSPS) is 11.8. The SMILES string of the molecule is C=CCCCCCC(O)c1cc(OC)c(OC)cc1OC. The van der Waals surface area contributed by atoms with Crippen molar-refractivity contribution in [3.8, 4) is 17.2 Å². The monoisotopic (exact) mass is 294 g/mol. The first-order valence-corrected chi connectivity index (χ1v) is 7.26. The first-order chi connectivity index (χ1) is 10.2. The number of rotatable bonds is 10. The predicted molar refractivity (Wildman–Crippen MR) is 84.3 cm³/mol. The molecule has 1 N–H and O–H groups in total. The van der Waals surface area contributed by atoms with E-state index in [2.05, 4.69) is 6.58 Å². The lowest BCUT2D eigenvalue weighted by molar-refractivity contribution is 0.159. The number of ether oxygens (including phenoxy) is 3. The van der Waals surface area contributed by atoms with Crippen LogP contribution in [-0.4, -0.2) is 26.4 Å². The van der Waals surface area contributed by atoms with Gasteiger partial charge in [-0.2, -0.15) is 0 Å². The highest BCUT2D eigenvalue weighted by Crippen LogP contribution is 2.38. The standard InChI is InChI=1S/C17H26O4/c1-5-6-7-8-9-10-14(18)13-11-16(20-3)17(21-4)12-15(13)19-2/h5,11-12,14,18H,1,6-10H2,2-4H3. The third kappa shape index (κ3) is 4.97. The van der Waals surface area contributed by atoms with Gasteiger partial charge in [-0.3, -0.25) is 0 Å². The maximum Gasteiger partial charge on any atom is 0.164 e. The average molecular weight is 294 g/mol. The van der Waals surface area contributed by atoms with Gasteiger partial charge in [0.05, 0.1) is 27.4 Å². The molecular weight excluding hydrogens is 268 g/mol. The summed E-state index contributed by atoms with van der Waals surface area (Å²) in [6.07, 6.45) is 6.24. The highest BCUT2D eigenvalue weighted by Gasteiger charge is 2.17. The average Bonchev–Trinajstić information content (AvgIpc) is 2.52. The van der Waals surface area contributed by atoms with Gasteiger partial charge in [-0.25, -0.2) is 0 Å². The summed E-state index contributed by atoms with van der Waals surface area (Å²) in [5.41, 5.74) is 0.735. The molecule has 0 aliphatic rings. The minimum Gasteiger partial charge on any atom is -0.496 e. The summed E-state index contributed by atoms with van der Waals surface area (Å²) in [6, 6.07) is 3.53. The van der Waals surface area contributed by atoms with E-state index in [4.69, 9.17) is 14.2 Å². The molecule has 0 radical (unpaired) electrons. The maximum absolute atomic E-state index is 10.4. The van der Waals surface area contributed by atoms with Crippen LogP contribution in [0.15, 0.2) is 24.8 Å². The van der Waals surface area contributed by atoms with Gasteiger partial charge < -0.3 is 19.3 Å². The molecule has 1 unspecified atom stereocenters. The fourth-order valence-electron chi connectivity index (χ4n) is 2.27. The van der Waals surface area contributed by atoms with Crippen LogP contribution in [0.25, 0.3) is 0 Å². The fourth-order valence-corrected chi connectivity index (χ4v) is 2.27. The van der Waals surface area contributed by atoms with Crippen LogP contribution in [0.4, 0.5) is 0 Å². The van der Waals surface area contributed by atoms with E-state index in [1.54, 1.807) is 33.5 Å². The Morgan fingerprint density at radius 1 is 1.00 bits per heavy atom. The molecule has 21 heavy (non-hydrogen) atoms. The molecule has 0 spiro atoms. The van der Waals surface area contributed by atoms with Gasteiger partial charge in [-0.05, 0) is 25.3 Å². The molecule has 1 rings (SSSR count). The summed E-state index contributed by atoms with van der Waals surface area (Å²) >= 11 is 0. The van der Waals surface area contributed by atoms with Gasteiger partial charge in [0.25, 0.3) is 0 Å². The summed E-state index contributed by atoms with van der Waals surface area (Å²) in [6.45, 7) is 3.71. The maximum atomic E-state index is 10.4. The molecule has 1 aromatic rings. The molecule has 0 aliphatic heterocycles. The third-order valence-corrected chi connectivity index (χ3v) is 3.48. The molecule has 0 aromatic heterocycles. The van der Waals surface area contributed by atoms with Gasteiger partial charge in [0, 0.05) is 11.6 Å². The van der Waals surface area contributed by atoms with Gasteiger partial charge in [-0.15, -0.1) is 6.58 Å². The summed E-state index contributed by atoms with van der Waals surface area (Å²) in [7, 11) is 4.74. The smallest absolute Gasteiger partial charge is 0.164 e. The van der Waals surface area contributed by atoms with Crippen LogP contribution in [-0.2, 0) is 0 Å². The quantitative estimate of drug-likeness (QED) is 0.525. The molecule has 4 heteroatoms. The van der Waals surface area contributed by atoms with Gasteiger partial charge >= 0.3 is 0 Å². The van der Waals surface area contributed by atoms with Gasteiger partial charge in [-0.1, -0.05) is 18.9 Å². The molecule has 4 nitrogen and oxygen atoms in total. The van der Waals surface area contributed by atoms with E-state index in [9.17, 15) is 5.11 Å². The molecular formula is C17H26O4. The fraction of sp³-hybridized carbons (Fsp3) is 0.529. The summed E-state index contributed by atoms with van der Waals surface area (Å²) < 4.78 is 15.9. The lowest BCUT2D eigenvalue weighted by Gasteiger charge is -2.18. The van der Waals surface area contributed by atoms with Crippen molar-refractivity contribution in [3.63, 3.8) is 0 Å². The van der Waals surface area contributed by atoms with Crippen molar-refractivity contribution in [1.82, 2.24) is 0 Å². The molecule has 0 saturated carbocycles. The molecule has 118 valence electrons. The molecule has 0 fully saturated rings. The largest absolute Gasteiger partial charge is 0.496 e. The zero-order valence-corrected chi connectivity index (χ0v) is 13.2. The Kier molecular flexibility index (Phi) is 7.69. The summed E-state index contributed by atoms with van der Waals surface area (Å²) in [5.74, 6) is 1.81. The highest BCUT2D eigenvalue weighted by molar-refractivity contribution is 5.51. The van der Waals surface area contributed by atoms with Crippen molar-refractivity contribution >= 4 is 0 Å². The first kappa shape index (κ1) is 17.4. The lowest BCUT2D eigenvalue weighted by Crippen LogP contribution is -2.03. The summed E-state index contributed by atoms with van der Waals surface area (Å²) in [4.78, 5) is 0. The molecule has 0 heterocycles. The van der Waals surface area contributed by atoms with E-state index in [0.29, 0.717) is 23.7 Å². The zero-order chi connectivity index (χ0) is 15.7. The summed E-state index contributed by atoms with van der Waals surface area (Å²) in [5, 5.41) is 10.4. The van der Waals surface area contributed by atoms with Crippen molar-refractivity contribution < 1.29 is 19.3 Å². The molecule has 0 aliphatic carbocycles. The Morgan fingerprint density at radius 3 is 2.19 bits per heavy atom. The minimum atomic E-state index is -0.566. The van der Waals surface area contributed by atoms with Crippen molar-refractivity contribution in [2.24, 2.45) is 0 Å². The second-order valence-corrected chi connectivity index (χ2v) is 4.89. The van der Waals surface area contributed by atoms with Crippen LogP contribution < -0.4 is 14.2 Å². The van der Waals surface area contributed by atoms with E-state index in [0.717, 1.165) is 31.2 Å². The third-order valence-electron chi connectivity index (χ3n) is 3.48. The van der Waals surface area contributed by atoms with Crippen LogP contribution in [0.5, 0.6) is 17.2 Å². The second kappa shape index (κ2) is 9.29. The number of unbranched alkanes of at least 4 members (excludes halogenated alkanes) is 3. The number of benzene rings is 1. The van der Waals surface area contributed by atoms with E-state index >= 15 is 0 Å². The second-order valence-electron chi connectivity index (χ2n) is 4.89. The Hall–Kier alpha value is -1.68. The number of aliphatic hydroxyl groups is 1. The molecule has 0 bridgehead atoms. The zero-order valence-electron chi connectivity index (χ0n) is 13.2. The Bertz CT molecular complexity index is 443. The van der Waals surface area contributed by atoms with Crippen molar-refractivity contribution in [2.45, 2.75) is 38.2 Å². The Balaban J connectivity index is 2.77. The number of aliphatic hydroxyl groups excluding tert-OH is 1. The number of allylic oxidation sites excluding steroid dienone is 1. The first-order valence-electron chi connectivity index (χ1n) is 7.26. The highest BCUT2D eigenvalue weighted by atomic mass is 16.5. The molecule has 0 amide bonds. The lowest BCUT2D eigenvalue weighted by atomic mass is 10.0. The van der Waals surface area contributed by atoms with Gasteiger partial charge in [0.15, 0.2) is 11.5 Å². The number of hydrogen-bond acceptors (Lipinski definition) is 4. The van der Waals surface area contributed by atoms with Crippen molar-refractivity contribution in [2.75, 3.05) is 21.3 Å². The minimum absolute atomic E-state index is 0.566. The predicted octanol–water partition coefficient (Wildman–Crippen LogP) is 3.88. The molecule has 0 saturated heterocycles. The number of methoxy groups -OCH3 is 3. The van der Waals surface area contributed by atoms with Crippen LogP contribution in [0, 0.1) is 0 Å². The topological polar surface area (TPSA) is 47.9 Å².